The van der Waals surface area contributed by atoms with Crippen LogP contribution in [0.3, 0.4) is 0 Å². The number of nitrogens with zero attached hydrogens (tertiary/aromatic N) is 5. The zero-order valence-corrected chi connectivity index (χ0v) is 21.6. The summed E-state index contributed by atoms with van der Waals surface area (Å²) in [4.78, 5) is 47.8. The van der Waals surface area contributed by atoms with Gasteiger partial charge in [0, 0.05) is 52.0 Å². The second-order valence-electron chi connectivity index (χ2n) is 10.1. The van der Waals surface area contributed by atoms with Crippen LogP contribution < -0.4 is 15.3 Å². The van der Waals surface area contributed by atoms with E-state index >= 15 is 0 Å². The molecule has 0 saturated carbocycles. The van der Waals surface area contributed by atoms with Gasteiger partial charge in [-0.05, 0) is 30.8 Å². The van der Waals surface area contributed by atoms with Gasteiger partial charge in [0.05, 0.1) is 30.1 Å². The number of likely N-dealkylation sites (tertiary alicyclic amines) is 1. The molecule has 0 bridgehead atoms. The molecule has 2 aromatic rings. The Morgan fingerprint density at radius 1 is 0.919 bits per heavy atom. The molecule has 2 aromatic carbocycles. The summed E-state index contributed by atoms with van der Waals surface area (Å²) in [6.07, 6.45) is 0. The molecule has 37 heavy (non-hydrogen) atoms. The number of anilines is 2. The summed E-state index contributed by atoms with van der Waals surface area (Å²) in [6.45, 7) is 6.97. The van der Waals surface area contributed by atoms with E-state index in [1.165, 1.54) is 0 Å². The molecule has 9 heteroatoms. The molecule has 3 aliphatic rings. The lowest BCUT2D eigenvalue weighted by Gasteiger charge is -2.42. The number of fused-ring (bicyclic) bond motifs is 1. The van der Waals surface area contributed by atoms with Crippen LogP contribution in [0.2, 0.25) is 0 Å². The monoisotopic (exact) mass is 504 g/mol. The maximum atomic E-state index is 13.8. The molecule has 3 aliphatic heterocycles. The SMILES string of the molecule is CCN1CC(C(=O)N2CCN(CC(=O)N(C)c3ccccc3)CC2)C2NN(c3ccccc3)C(=O)C2C1. The highest BCUT2D eigenvalue weighted by atomic mass is 16.2. The fraction of sp³-hybridized carbons (Fsp3) is 0.464. The zero-order valence-electron chi connectivity index (χ0n) is 21.6. The van der Waals surface area contributed by atoms with Gasteiger partial charge in [-0.3, -0.25) is 19.3 Å². The lowest BCUT2D eigenvalue weighted by Crippen LogP contribution is -2.60. The first kappa shape index (κ1) is 25.4. The number of para-hydroxylation sites is 2. The van der Waals surface area contributed by atoms with Gasteiger partial charge in [-0.2, -0.15) is 0 Å². The van der Waals surface area contributed by atoms with Crippen molar-refractivity contribution < 1.29 is 14.4 Å². The van der Waals surface area contributed by atoms with Crippen molar-refractivity contribution in [3.63, 3.8) is 0 Å². The normalized spacial score (nSPS) is 24.7. The van der Waals surface area contributed by atoms with E-state index in [1.807, 2.05) is 65.6 Å². The maximum Gasteiger partial charge on any atom is 0.247 e. The predicted octanol–water partition coefficient (Wildman–Crippen LogP) is 1.28. The first-order chi connectivity index (χ1) is 18.0. The highest BCUT2D eigenvalue weighted by molar-refractivity contribution is 5.98. The van der Waals surface area contributed by atoms with Gasteiger partial charge in [-0.25, -0.2) is 10.4 Å². The molecule has 0 aromatic heterocycles. The summed E-state index contributed by atoms with van der Waals surface area (Å²) < 4.78 is 0. The average Bonchev–Trinajstić information content (AvgIpc) is 3.29. The first-order valence-electron chi connectivity index (χ1n) is 13.2. The lowest BCUT2D eigenvalue weighted by atomic mass is 9.83. The summed E-state index contributed by atoms with van der Waals surface area (Å²) in [5.74, 6) is -0.396. The number of piperidine rings is 1. The molecule has 3 fully saturated rings. The number of hydrogen-bond acceptors (Lipinski definition) is 6. The molecule has 3 heterocycles. The summed E-state index contributed by atoms with van der Waals surface area (Å²) in [7, 11) is 1.80. The molecule has 196 valence electrons. The number of amides is 3. The molecule has 9 nitrogen and oxygen atoms in total. The van der Waals surface area contributed by atoms with Crippen molar-refractivity contribution in [3.05, 3.63) is 60.7 Å². The van der Waals surface area contributed by atoms with Crippen LogP contribution in [0.5, 0.6) is 0 Å². The largest absolute Gasteiger partial charge is 0.340 e. The Balaban J connectivity index is 1.21. The Labute approximate surface area is 218 Å². The highest BCUT2D eigenvalue weighted by Crippen LogP contribution is 2.32. The Kier molecular flexibility index (Phi) is 7.55. The Morgan fingerprint density at radius 2 is 1.57 bits per heavy atom. The van der Waals surface area contributed by atoms with Crippen LogP contribution in [0.1, 0.15) is 6.92 Å². The molecule has 0 radical (unpaired) electrons. The molecule has 3 saturated heterocycles. The van der Waals surface area contributed by atoms with Gasteiger partial charge in [0.25, 0.3) is 0 Å². The summed E-state index contributed by atoms with van der Waals surface area (Å²) in [6, 6.07) is 19.0. The smallest absolute Gasteiger partial charge is 0.247 e. The number of likely N-dealkylation sites (N-methyl/N-ethyl adjacent to an activating group) is 1. The Morgan fingerprint density at radius 3 is 2.22 bits per heavy atom. The lowest BCUT2D eigenvalue weighted by molar-refractivity contribution is -0.141. The van der Waals surface area contributed by atoms with E-state index in [0.29, 0.717) is 45.8 Å². The van der Waals surface area contributed by atoms with Gasteiger partial charge >= 0.3 is 0 Å². The molecular weight excluding hydrogens is 468 g/mol. The van der Waals surface area contributed by atoms with Crippen molar-refractivity contribution in [3.8, 4) is 0 Å². The van der Waals surface area contributed by atoms with E-state index in [1.54, 1.807) is 17.0 Å². The fourth-order valence-corrected chi connectivity index (χ4v) is 5.65. The van der Waals surface area contributed by atoms with Crippen molar-refractivity contribution in [1.82, 2.24) is 20.1 Å². The van der Waals surface area contributed by atoms with Crippen molar-refractivity contribution in [2.24, 2.45) is 11.8 Å². The maximum absolute atomic E-state index is 13.8. The number of benzene rings is 2. The Bertz CT molecular complexity index is 1110. The van der Waals surface area contributed by atoms with Gasteiger partial charge in [0.15, 0.2) is 0 Å². The minimum Gasteiger partial charge on any atom is -0.340 e. The summed E-state index contributed by atoms with van der Waals surface area (Å²) in [5.41, 5.74) is 5.06. The minimum atomic E-state index is -0.297. The molecule has 3 amide bonds. The molecule has 0 spiro atoms. The van der Waals surface area contributed by atoms with Crippen LogP contribution in [0.4, 0.5) is 11.4 Å². The van der Waals surface area contributed by atoms with Gasteiger partial charge in [-0.1, -0.05) is 43.3 Å². The third-order valence-corrected chi connectivity index (χ3v) is 7.93. The van der Waals surface area contributed by atoms with Crippen molar-refractivity contribution in [2.75, 3.05) is 69.3 Å². The number of piperazine rings is 1. The Hall–Kier alpha value is -3.27. The predicted molar refractivity (Wildman–Crippen MR) is 143 cm³/mol. The first-order valence-corrected chi connectivity index (χ1v) is 13.2. The van der Waals surface area contributed by atoms with Gasteiger partial charge in [0.2, 0.25) is 17.7 Å². The topological polar surface area (TPSA) is 79.4 Å². The van der Waals surface area contributed by atoms with Crippen LogP contribution in [-0.2, 0) is 14.4 Å². The molecule has 3 unspecified atom stereocenters. The van der Waals surface area contributed by atoms with E-state index in [2.05, 4.69) is 22.1 Å². The van der Waals surface area contributed by atoms with Crippen LogP contribution in [0.15, 0.2) is 60.7 Å². The molecule has 5 rings (SSSR count). The number of carbonyl (C=O) groups is 3. The van der Waals surface area contributed by atoms with Gasteiger partial charge in [-0.15, -0.1) is 0 Å². The van der Waals surface area contributed by atoms with E-state index in [9.17, 15) is 14.4 Å². The quantitative estimate of drug-likeness (QED) is 0.639. The average molecular weight is 505 g/mol. The van der Waals surface area contributed by atoms with E-state index in [0.717, 1.165) is 17.9 Å². The van der Waals surface area contributed by atoms with Crippen molar-refractivity contribution in [1.29, 1.82) is 0 Å². The second kappa shape index (κ2) is 11.0. The number of hydrazine groups is 1. The van der Waals surface area contributed by atoms with Crippen LogP contribution >= 0.6 is 0 Å². The highest BCUT2D eigenvalue weighted by Gasteiger charge is 2.51. The third kappa shape index (κ3) is 5.25. The summed E-state index contributed by atoms with van der Waals surface area (Å²) in [5, 5.41) is 1.63. The number of hydrogen-bond donors (Lipinski definition) is 1. The van der Waals surface area contributed by atoms with Crippen molar-refractivity contribution >= 4 is 29.1 Å². The molecule has 1 N–H and O–H groups in total. The van der Waals surface area contributed by atoms with Gasteiger partial charge < -0.3 is 14.7 Å². The number of nitrogens with one attached hydrogen (secondary N) is 1. The number of carbonyl (C=O) groups excluding carboxylic acids is 3. The standard InChI is InChI=1S/C28H36N6O3/c1-3-31-18-23(26-24(19-31)28(37)34(29-26)22-12-8-5-9-13-22)27(36)33-16-14-32(15-17-33)20-25(35)30(2)21-10-6-4-7-11-21/h4-13,23-24,26,29H,3,14-20H2,1-2H3. The van der Waals surface area contributed by atoms with Crippen molar-refractivity contribution in [2.45, 2.75) is 13.0 Å². The van der Waals surface area contributed by atoms with E-state index in [-0.39, 0.29) is 35.6 Å². The van der Waals surface area contributed by atoms with Gasteiger partial charge in [0.1, 0.15) is 0 Å². The van der Waals surface area contributed by atoms with Crippen LogP contribution in [0.25, 0.3) is 0 Å². The molecular formula is C28H36N6O3. The molecule has 3 atom stereocenters. The zero-order chi connectivity index (χ0) is 25.9. The molecule has 0 aliphatic carbocycles. The minimum absolute atomic E-state index is 0.0259. The van der Waals surface area contributed by atoms with Crippen LogP contribution in [-0.4, -0.2) is 97.9 Å². The van der Waals surface area contributed by atoms with Crippen LogP contribution in [0, 0.1) is 11.8 Å². The van der Waals surface area contributed by atoms with E-state index < -0.39 is 0 Å². The third-order valence-electron chi connectivity index (χ3n) is 7.93. The number of rotatable bonds is 6. The van der Waals surface area contributed by atoms with E-state index in [4.69, 9.17) is 0 Å². The fourth-order valence-electron chi connectivity index (χ4n) is 5.65. The summed E-state index contributed by atoms with van der Waals surface area (Å²) >= 11 is 0. The second-order valence-corrected chi connectivity index (χ2v) is 10.1.